The van der Waals surface area contributed by atoms with Gasteiger partial charge in [-0.2, -0.15) is 4.72 Å². The summed E-state index contributed by atoms with van der Waals surface area (Å²) in [5.41, 5.74) is 4.92. The summed E-state index contributed by atoms with van der Waals surface area (Å²) < 4.78 is 47.9. The SMILES string of the molecule is COCC1CCCN1CC1CC(c2ccc(CO)cc2)OC(c2ccc(NC(=O)C(Cc3ccccc3)NS(=O)(=O)c3ccc(C)cc3)cc2)O1. The van der Waals surface area contributed by atoms with E-state index >= 15 is 0 Å². The third kappa shape index (κ3) is 9.69. The van der Waals surface area contributed by atoms with Crippen molar-refractivity contribution in [2.24, 2.45) is 0 Å². The molecule has 0 bridgehead atoms. The largest absolute Gasteiger partial charge is 0.392 e. The zero-order valence-electron chi connectivity index (χ0n) is 29.1. The van der Waals surface area contributed by atoms with Crippen LogP contribution in [0.3, 0.4) is 0 Å². The van der Waals surface area contributed by atoms with Crippen LogP contribution in [0.4, 0.5) is 5.69 Å². The van der Waals surface area contributed by atoms with Crippen LogP contribution in [0, 0.1) is 6.92 Å². The van der Waals surface area contributed by atoms with Crippen LogP contribution in [0.25, 0.3) is 0 Å². The Kier molecular flexibility index (Phi) is 12.3. The third-order valence-electron chi connectivity index (χ3n) is 9.59. The lowest BCUT2D eigenvalue weighted by atomic mass is 9.99. The number of carbonyl (C=O) groups excluding carboxylic acids is 1. The monoisotopic (exact) mass is 713 g/mol. The van der Waals surface area contributed by atoms with Gasteiger partial charge in [-0.3, -0.25) is 9.69 Å². The van der Waals surface area contributed by atoms with Crippen LogP contribution in [0.5, 0.6) is 0 Å². The van der Waals surface area contributed by atoms with E-state index in [1.165, 1.54) is 12.1 Å². The van der Waals surface area contributed by atoms with Gasteiger partial charge in [0.25, 0.3) is 0 Å². The van der Waals surface area contributed by atoms with Gasteiger partial charge in [0.2, 0.25) is 15.9 Å². The van der Waals surface area contributed by atoms with Gasteiger partial charge < -0.3 is 24.6 Å². The third-order valence-corrected chi connectivity index (χ3v) is 11.1. The summed E-state index contributed by atoms with van der Waals surface area (Å²) in [7, 11) is -2.24. The fourth-order valence-corrected chi connectivity index (χ4v) is 7.97. The van der Waals surface area contributed by atoms with Gasteiger partial charge in [-0.15, -0.1) is 0 Å². The van der Waals surface area contributed by atoms with Gasteiger partial charge in [-0.1, -0.05) is 84.4 Å². The van der Waals surface area contributed by atoms with Crippen molar-refractivity contribution in [3.8, 4) is 0 Å². The average Bonchev–Trinajstić information content (AvgIpc) is 3.58. The number of aryl methyl sites for hydroxylation is 1. The van der Waals surface area contributed by atoms with Crippen molar-refractivity contribution < 1.29 is 32.5 Å². The molecule has 2 saturated heterocycles. The molecule has 6 rings (SSSR count). The molecule has 2 aliphatic heterocycles. The number of amides is 1. The summed E-state index contributed by atoms with van der Waals surface area (Å²) in [4.78, 5) is 16.2. The highest BCUT2D eigenvalue weighted by Gasteiger charge is 2.35. The minimum Gasteiger partial charge on any atom is -0.392 e. The number of hydrogen-bond donors (Lipinski definition) is 3. The second-order valence-electron chi connectivity index (χ2n) is 13.4. The number of ether oxygens (including phenoxy) is 3. The molecule has 51 heavy (non-hydrogen) atoms. The predicted octanol–water partition coefficient (Wildman–Crippen LogP) is 5.67. The zero-order chi connectivity index (χ0) is 35.8. The molecule has 2 heterocycles. The number of aliphatic hydroxyl groups is 1. The molecule has 10 nitrogen and oxygen atoms in total. The van der Waals surface area contributed by atoms with Crippen LogP contribution in [0.1, 0.15) is 59.5 Å². The molecule has 4 aromatic carbocycles. The number of hydrogen-bond acceptors (Lipinski definition) is 8. The summed E-state index contributed by atoms with van der Waals surface area (Å²) in [6, 6.07) is 30.2. The molecular formula is C40H47N3O7S. The molecule has 270 valence electrons. The van der Waals surface area contributed by atoms with Crippen molar-refractivity contribution in [2.75, 3.05) is 32.1 Å². The van der Waals surface area contributed by atoms with E-state index in [1.807, 2.05) is 73.7 Å². The Morgan fingerprint density at radius 3 is 2.31 bits per heavy atom. The first-order valence-electron chi connectivity index (χ1n) is 17.5. The Morgan fingerprint density at radius 2 is 1.63 bits per heavy atom. The van der Waals surface area contributed by atoms with E-state index in [4.69, 9.17) is 14.2 Å². The van der Waals surface area contributed by atoms with Gasteiger partial charge in [0, 0.05) is 37.4 Å². The van der Waals surface area contributed by atoms with Crippen molar-refractivity contribution in [3.05, 3.63) is 131 Å². The van der Waals surface area contributed by atoms with E-state index < -0.39 is 28.3 Å². The number of carbonyl (C=O) groups is 1. The van der Waals surface area contributed by atoms with Crippen molar-refractivity contribution in [1.82, 2.24) is 9.62 Å². The minimum atomic E-state index is -3.97. The molecular weight excluding hydrogens is 667 g/mol. The Morgan fingerprint density at radius 1 is 0.922 bits per heavy atom. The topological polar surface area (TPSA) is 126 Å². The van der Waals surface area contributed by atoms with Crippen molar-refractivity contribution in [3.63, 3.8) is 0 Å². The first-order chi connectivity index (χ1) is 24.7. The number of rotatable bonds is 14. The van der Waals surface area contributed by atoms with Crippen molar-refractivity contribution >= 4 is 21.6 Å². The van der Waals surface area contributed by atoms with Gasteiger partial charge in [0.05, 0.1) is 30.3 Å². The molecule has 2 aliphatic rings. The molecule has 0 aromatic heterocycles. The number of likely N-dealkylation sites (tertiary alicyclic amines) is 1. The van der Waals surface area contributed by atoms with Crippen LogP contribution >= 0.6 is 0 Å². The van der Waals surface area contributed by atoms with Crippen LogP contribution in [0.15, 0.2) is 108 Å². The number of aliphatic hydroxyl groups excluding tert-OH is 1. The molecule has 1 amide bonds. The summed E-state index contributed by atoms with van der Waals surface area (Å²) in [6.45, 7) is 4.30. The molecule has 3 N–H and O–H groups in total. The van der Waals surface area contributed by atoms with Gasteiger partial charge in [0.15, 0.2) is 6.29 Å². The Bertz CT molecular complexity index is 1820. The summed E-state index contributed by atoms with van der Waals surface area (Å²) >= 11 is 0. The maximum atomic E-state index is 13.7. The number of sulfonamides is 1. The number of nitrogens with one attached hydrogen (secondary N) is 2. The van der Waals surface area contributed by atoms with E-state index in [0.717, 1.165) is 53.7 Å². The maximum Gasteiger partial charge on any atom is 0.242 e. The van der Waals surface area contributed by atoms with Crippen molar-refractivity contribution in [1.29, 1.82) is 0 Å². The Balaban J connectivity index is 1.18. The van der Waals surface area contributed by atoms with Crippen LogP contribution in [-0.4, -0.2) is 69.3 Å². The van der Waals surface area contributed by atoms with E-state index in [9.17, 15) is 18.3 Å². The normalized spacial score (nSPS) is 21.7. The summed E-state index contributed by atoms with van der Waals surface area (Å²) in [5.74, 6) is -0.477. The molecule has 4 aromatic rings. The zero-order valence-corrected chi connectivity index (χ0v) is 29.9. The van der Waals surface area contributed by atoms with Gasteiger partial charge in [-0.05, 0) is 73.7 Å². The van der Waals surface area contributed by atoms with Gasteiger partial charge in [-0.25, -0.2) is 8.42 Å². The lowest BCUT2D eigenvalue weighted by molar-refractivity contribution is -0.253. The van der Waals surface area contributed by atoms with Crippen LogP contribution < -0.4 is 10.0 Å². The number of benzene rings is 4. The molecule has 0 spiro atoms. The molecule has 2 fully saturated rings. The molecule has 0 saturated carbocycles. The van der Waals surface area contributed by atoms with E-state index in [-0.39, 0.29) is 30.1 Å². The molecule has 5 atom stereocenters. The first kappa shape index (κ1) is 36.8. The number of nitrogens with zero attached hydrogens (tertiary/aromatic N) is 1. The maximum absolute atomic E-state index is 13.7. The molecule has 11 heteroatoms. The molecule has 5 unspecified atom stereocenters. The molecule has 0 radical (unpaired) electrons. The number of anilines is 1. The lowest BCUT2D eigenvalue weighted by Gasteiger charge is -2.38. The first-order valence-corrected chi connectivity index (χ1v) is 19.0. The van der Waals surface area contributed by atoms with E-state index in [1.54, 1.807) is 31.4 Å². The summed E-state index contributed by atoms with van der Waals surface area (Å²) in [5, 5.41) is 12.5. The van der Waals surface area contributed by atoms with E-state index in [0.29, 0.717) is 24.8 Å². The highest BCUT2D eigenvalue weighted by molar-refractivity contribution is 7.89. The van der Waals surface area contributed by atoms with Gasteiger partial charge in [0.1, 0.15) is 6.04 Å². The standard InChI is InChI=1S/C40H47N3O7S/c1-28-10-20-36(21-11-28)51(46,47)42-37(23-29-7-4-3-5-8-29)39(45)41-33-18-16-32(17-19-33)40-49-35(25-43-22-6-9-34(43)27-48-2)24-38(50-40)31-14-12-30(26-44)13-15-31/h3-5,7-8,10-21,34-35,37-38,40,42,44H,6,9,22-27H2,1-2H3,(H,41,45). The van der Waals surface area contributed by atoms with E-state index in [2.05, 4.69) is 14.9 Å². The summed E-state index contributed by atoms with van der Waals surface area (Å²) in [6.07, 6.45) is 2.11. The smallest absolute Gasteiger partial charge is 0.242 e. The predicted molar refractivity (Wildman–Crippen MR) is 195 cm³/mol. The van der Waals surface area contributed by atoms with Crippen molar-refractivity contribution in [2.45, 2.75) is 74.7 Å². The highest BCUT2D eigenvalue weighted by Crippen LogP contribution is 2.39. The Labute approximate surface area is 300 Å². The highest BCUT2D eigenvalue weighted by atomic mass is 32.2. The van der Waals surface area contributed by atoms with Crippen LogP contribution in [-0.2, 0) is 42.1 Å². The molecule has 0 aliphatic carbocycles. The Hall–Kier alpha value is -3.94. The average molecular weight is 714 g/mol. The lowest BCUT2D eigenvalue weighted by Crippen LogP contribution is -2.45. The number of methoxy groups -OCH3 is 1. The second-order valence-corrected chi connectivity index (χ2v) is 15.1. The van der Waals surface area contributed by atoms with Crippen LogP contribution in [0.2, 0.25) is 0 Å². The minimum absolute atomic E-state index is 0.0233. The fourth-order valence-electron chi connectivity index (χ4n) is 6.77. The quantitative estimate of drug-likeness (QED) is 0.153. The van der Waals surface area contributed by atoms with Gasteiger partial charge >= 0.3 is 0 Å². The fraction of sp³-hybridized carbons (Fsp3) is 0.375. The second kappa shape index (κ2) is 17.1.